The van der Waals surface area contributed by atoms with Crippen LogP contribution in [0.15, 0.2) is 27.8 Å². The van der Waals surface area contributed by atoms with Gasteiger partial charge in [-0.05, 0) is 25.0 Å². The van der Waals surface area contributed by atoms with Gasteiger partial charge in [-0.15, -0.1) is 10.2 Å². The molecule has 0 aliphatic carbocycles. The molecule has 1 aromatic heterocycles. The summed E-state index contributed by atoms with van der Waals surface area (Å²) in [4.78, 5) is 23.7. The van der Waals surface area contributed by atoms with E-state index in [2.05, 4.69) is 20.8 Å². The molecule has 1 fully saturated rings. The second-order valence-electron chi connectivity index (χ2n) is 5.97. The maximum Gasteiger partial charge on any atom is 0.277 e. The predicted molar refractivity (Wildman–Crippen MR) is 94.5 cm³/mol. The highest BCUT2D eigenvalue weighted by Gasteiger charge is 2.19. The van der Waals surface area contributed by atoms with Gasteiger partial charge in [0.15, 0.2) is 0 Å². The topological polar surface area (TPSA) is 106 Å². The molecular formula is C17H18F2N4O4S. The van der Waals surface area contributed by atoms with Crippen LogP contribution in [0.2, 0.25) is 0 Å². The van der Waals surface area contributed by atoms with Crippen LogP contribution >= 0.6 is 11.8 Å². The first-order valence-corrected chi connectivity index (χ1v) is 9.57. The molecule has 0 bridgehead atoms. The number of aromatic nitrogens is 2. The van der Waals surface area contributed by atoms with E-state index in [9.17, 15) is 18.4 Å². The van der Waals surface area contributed by atoms with E-state index in [0.717, 1.165) is 43.3 Å². The van der Waals surface area contributed by atoms with Crippen molar-refractivity contribution in [2.75, 3.05) is 18.9 Å². The Kier molecular flexibility index (Phi) is 6.93. The number of rotatable bonds is 8. The van der Waals surface area contributed by atoms with E-state index in [4.69, 9.17) is 9.15 Å². The van der Waals surface area contributed by atoms with Crippen molar-refractivity contribution in [1.29, 1.82) is 0 Å². The molecule has 2 heterocycles. The van der Waals surface area contributed by atoms with Crippen LogP contribution in [0.5, 0.6) is 0 Å². The normalized spacial score (nSPS) is 16.1. The molecule has 0 spiro atoms. The molecule has 0 radical (unpaired) electrons. The summed E-state index contributed by atoms with van der Waals surface area (Å²) < 4.78 is 37.8. The molecule has 1 aliphatic heterocycles. The Balaban J connectivity index is 1.42. The van der Waals surface area contributed by atoms with Crippen molar-refractivity contribution in [2.24, 2.45) is 0 Å². The fraction of sp³-hybridized carbons (Fsp3) is 0.412. The summed E-state index contributed by atoms with van der Waals surface area (Å²) >= 11 is 1.04. The van der Waals surface area contributed by atoms with Crippen LogP contribution in [0.3, 0.4) is 0 Å². The van der Waals surface area contributed by atoms with Crippen LogP contribution in [-0.2, 0) is 16.1 Å². The van der Waals surface area contributed by atoms with Crippen LogP contribution in [-0.4, -0.2) is 47.0 Å². The third kappa shape index (κ3) is 5.49. The first-order valence-electron chi connectivity index (χ1n) is 8.58. The summed E-state index contributed by atoms with van der Waals surface area (Å²) in [5.41, 5.74) is -0.681. The third-order valence-corrected chi connectivity index (χ3v) is 4.73. The fourth-order valence-electron chi connectivity index (χ4n) is 2.54. The van der Waals surface area contributed by atoms with Gasteiger partial charge >= 0.3 is 0 Å². The zero-order valence-electron chi connectivity index (χ0n) is 14.7. The Labute approximate surface area is 163 Å². The quantitative estimate of drug-likeness (QED) is 0.635. The Morgan fingerprint density at radius 2 is 2.00 bits per heavy atom. The Morgan fingerprint density at radius 3 is 2.71 bits per heavy atom. The number of benzene rings is 1. The summed E-state index contributed by atoms with van der Waals surface area (Å²) in [5.74, 6) is -2.92. The van der Waals surface area contributed by atoms with Crippen LogP contribution in [0.25, 0.3) is 0 Å². The molecule has 2 amide bonds. The van der Waals surface area contributed by atoms with Gasteiger partial charge < -0.3 is 19.8 Å². The van der Waals surface area contributed by atoms with Crippen LogP contribution < -0.4 is 10.6 Å². The van der Waals surface area contributed by atoms with E-state index in [-0.39, 0.29) is 35.4 Å². The van der Waals surface area contributed by atoms with E-state index in [1.165, 1.54) is 6.07 Å². The van der Waals surface area contributed by atoms with Crippen molar-refractivity contribution in [1.82, 2.24) is 20.8 Å². The van der Waals surface area contributed by atoms with Gasteiger partial charge in [0.05, 0.1) is 18.4 Å². The number of thioether (sulfide) groups is 1. The maximum absolute atomic E-state index is 13.6. The molecule has 150 valence electrons. The molecule has 0 saturated carbocycles. The predicted octanol–water partition coefficient (Wildman–Crippen LogP) is 1.67. The lowest BCUT2D eigenvalue weighted by Crippen LogP contribution is -2.32. The SMILES string of the molecule is O=C(CSc1nnc(CNC(=O)c2c(F)cccc2F)o1)NCC1CCCO1. The lowest BCUT2D eigenvalue weighted by Gasteiger charge is -2.09. The van der Waals surface area contributed by atoms with Gasteiger partial charge in [0.25, 0.3) is 11.1 Å². The highest BCUT2D eigenvalue weighted by molar-refractivity contribution is 7.99. The number of hydrogen-bond donors (Lipinski definition) is 2. The van der Waals surface area contributed by atoms with E-state index in [0.29, 0.717) is 6.54 Å². The van der Waals surface area contributed by atoms with Gasteiger partial charge in [0.2, 0.25) is 11.8 Å². The first-order chi connectivity index (χ1) is 13.5. The molecule has 1 saturated heterocycles. The van der Waals surface area contributed by atoms with Crippen molar-refractivity contribution in [3.05, 3.63) is 41.3 Å². The van der Waals surface area contributed by atoms with E-state index < -0.39 is 23.1 Å². The number of nitrogens with zero attached hydrogens (tertiary/aromatic N) is 2. The summed E-state index contributed by atoms with van der Waals surface area (Å²) in [6.07, 6.45) is 2.00. The number of amides is 2. The summed E-state index contributed by atoms with van der Waals surface area (Å²) in [6, 6.07) is 3.15. The molecule has 1 aliphatic rings. The van der Waals surface area contributed by atoms with E-state index in [1.54, 1.807) is 0 Å². The first kappa shape index (κ1) is 20.2. The fourth-order valence-corrected chi connectivity index (χ4v) is 3.15. The molecule has 3 rings (SSSR count). The van der Waals surface area contributed by atoms with Crippen molar-refractivity contribution >= 4 is 23.6 Å². The molecule has 8 nitrogen and oxygen atoms in total. The summed E-state index contributed by atoms with van der Waals surface area (Å²) in [6.45, 7) is 0.985. The largest absolute Gasteiger partial charge is 0.414 e. The summed E-state index contributed by atoms with van der Waals surface area (Å²) in [5, 5.41) is 12.7. The number of carbonyl (C=O) groups is 2. The molecule has 2 N–H and O–H groups in total. The van der Waals surface area contributed by atoms with Crippen molar-refractivity contribution < 1.29 is 27.5 Å². The monoisotopic (exact) mass is 412 g/mol. The molecule has 11 heteroatoms. The van der Waals surface area contributed by atoms with Gasteiger partial charge in [-0.1, -0.05) is 17.8 Å². The molecule has 2 aromatic rings. The maximum atomic E-state index is 13.6. The average molecular weight is 412 g/mol. The highest BCUT2D eigenvalue weighted by atomic mass is 32.2. The Bertz CT molecular complexity index is 822. The van der Waals surface area contributed by atoms with Crippen LogP contribution in [0.1, 0.15) is 29.1 Å². The molecular weight excluding hydrogens is 394 g/mol. The second kappa shape index (κ2) is 9.60. The van der Waals surface area contributed by atoms with E-state index in [1.807, 2.05) is 0 Å². The minimum absolute atomic E-state index is 0.0485. The second-order valence-corrected chi connectivity index (χ2v) is 6.90. The Hall–Kier alpha value is -2.53. The number of halogens is 2. The van der Waals surface area contributed by atoms with Gasteiger partial charge in [0.1, 0.15) is 17.2 Å². The van der Waals surface area contributed by atoms with Gasteiger partial charge in [-0.3, -0.25) is 9.59 Å². The van der Waals surface area contributed by atoms with Crippen LogP contribution in [0.4, 0.5) is 8.78 Å². The molecule has 1 aromatic carbocycles. The van der Waals surface area contributed by atoms with Gasteiger partial charge in [-0.2, -0.15) is 0 Å². The number of ether oxygens (including phenoxy) is 1. The zero-order valence-corrected chi connectivity index (χ0v) is 15.6. The van der Waals surface area contributed by atoms with Crippen molar-refractivity contribution in [3.8, 4) is 0 Å². The van der Waals surface area contributed by atoms with Crippen molar-refractivity contribution in [2.45, 2.75) is 30.7 Å². The van der Waals surface area contributed by atoms with Gasteiger partial charge in [-0.25, -0.2) is 8.78 Å². The number of nitrogens with one attached hydrogen (secondary N) is 2. The smallest absolute Gasteiger partial charge is 0.277 e. The molecule has 1 unspecified atom stereocenters. The minimum atomic E-state index is -0.965. The third-order valence-electron chi connectivity index (χ3n) is 3.92. The average Bonchev–Trinajstić information content (AvgIpc) is 3.34. The van der Waals surface area contributed by atoms with Crippen LogP contribution in [0, 0.1) is 11.6 Å². The number of hydrogen-bond acceptors (Lipinski definition) is 7. The standard InChI is InChI=1S/C17H18F2N4O4S/c18-11-4-1-5-12(19)15(11)16(25)21-8-14-22-23-17(27-14)28-9-13(24)20-7-10-3-2-6-26-10/h1,4-5,10H,2-3,6-9H2,(H,20,24)(H,21,25). The summed E-state index contributed by atoms with van der Waals surface area (Å²) in [7, 11) is 0. The molecule has 28 heavy (non-hydrogen) atoms. The molecule has 1 atom stereocenters. The highest BCUT2D eigenvalue weighted by Crippen LogP contribution is 2.17. The zero-order chi connectivity index (χ0) is 19.9. The van der Waals surface area contributed by atoms with Gasteiger partial charge in [0, 0.05) is 13.2 Å². The lowest BCUT2D eigenvalue weighted by molar-refractivity contribution is -0.119. The minimum Gasteiger partial charge on any atom is -0.414 e. The number of carbonyl (C=O) groups excluding carboxylic acids is 2. The lowest BCUT2D eigenvalue weighted by atomic mass is 10.2. The van der Waals surface area contributed by atoms with Crippen molar-refractivity contribution in [3.63, 3.8) is 0 Å². The van der Waals surface area contributed by atoms with E-state index >= 15 is 0 Å². The Morgan fingerprint density at radius 1 is 1.21 bits per heavy atom.